The van der Waals surface area contributed by atoms with E-state index < -0.39 is 65.1 Å². The number of aliphatic carboxylic acids is 2. The van der Waals surface area contributed by atoms with Gasteiger partial charge in [0, 0.05) is 11.3 Å². The van der Waals surface area contributed by atoms with Gasteiger partial charge >= 0.3 is 18.0 Å². The molecule has 0 radical (unpaired) electrons. The Morgan fingerprint density at radius 1 is 1.10 bits per heavy atom. The highest BCUT2D eigenvalue weighted by Gasteiger charge is 2.70. The maximum absolute atomic E-state index is 14.4. The van der Waals surface area contributed by atoms with Gasteiger partial charge in [0.05, 0.1) is 12.5 Å². The lowest BCUT2D eigenvalue weighted by Gasteiger charge is -2.43. The van der Waals surface area contributed by atoms with Crippen LogP contribution in [-0.2, 0) is 29.5 Å². The summed E-state index contributed by atoms with van der Waals surface area (Å²) in [5.41, 5.74) is 6.71. The number of nitrogen functional groups attached to an aromatic ring is 1. The Balaban J connectivity index is 1.96. The van der Waals surface area contributed by atoms with Crippen LogP contribution in [0.4, 0.5) is 10.5 Å². The van der Waals surface area contributed by atoms with Gasteiger partial charge in [-0.15, -0.1) is 0 Å². The average Bonchev–Trinajstić information content (AvgIpc) is 3.73. The van der Waals surface area contributed by atoms with Crippen LogP contribution in [0.2, 0.25) is 0 Å². The van der Waals surface area contributed by atoms with Gasteiger partial charge in [0.2, 0.25) is 5.91 Å². The molecule has 0 unspecified atom stereocenters. The topological polar surface area (TPSA) is 237 Å². The molecule has 1 heterocycles. The molecule has 214 valence electrons. The maximum Gasteiger partial charge on any atom is 0.360 e. The second-order valence-corrected chi connectivity index (χ2v) is 9.89. The third kappa shape index (κ3) is 4.57. The number of carbonyl (C=O) groups excluding carboxylic acids is 4. The lowest BCUT2D eigenvalue weighted by molar-refractivity contribution is -0.162. The van der Waals surface area contributed by atoms with Crippen molar-refractivity contribution in [3.05, 3.63) is 65.7 Å². The van der Waals surface area contributed by atoms with Crippen molar-refractivity contribution in [1.82, 2.24) is 10.2 Å². The number of Topliss-reactive ketones (excluding diaryl/α,β-unsaturated/α-hetero) is 1. The molecule has 3 atom stereocenters. The highest BCUT2D eigenvalue weighted by Crippen LogP contribution is 2.50. The van der Waals surface area contributed by atoms with E-state index in [1.807, 2.05) is 0 Å². The largest absolute Gasteiger partial charge is 0.481 e. The van der Waals surface area contributed by atoms with Crippen LogP contribution in [-0.4, -0.2) is 68.2 Å². The van der Waals surface area contributed by atoms with Crippen LogP contribution in [0.25, 0.3) is 0 Å². The summed E-state index contributed by atoms with van der Waals surface area (Å²) in [5, 5.41) is 30.1. The van der Waals surface area contributed by atoms with E-state index in [2.05, 4.69) is 5.32 Å². The average molecular weight is 565 g/mol. The van der Waals surface area contributed by atoms with E-state index in [-0.39, 0.29) is 22.0 Å². The zero-order valence-electron chi connectivity index (χ0n) is 21.9. The molecule has 0 bridgehead atoms. The van der Waals surface area contributed by atoms with Crippen molar-refractivity contribution in [2.75, 3.05) is 4.90 Å². The van der Waals surface area contributed by atoms with Crippen molar-refractivity contribution in [2.24, 2.45) is 17.4 Å². The Morgan fingerprint density at radius 3 is 2.15 bits per heavy atom. The smallest absolute Gasteiger partial charge is 0.360 e. The van der Waals surface area contributed by atoms with Crippen molar-refractivity contribution in [3.63, 3.8) is 0 Å². The number of hydrogen-bond donors (Lipinski definition) is 6. The minimum absolute atomic E-state index is 0.216. The number of carboxylic acids is 2. The number of amides is 4. The molecule has 2 aliphatic rings. The summed E-state index contributed by atoms with van der Waals surface area (Å²) < 4.78 is 0. The molecule has 4 amide bonds. The molecule has 0 aromatic heterocycles. The Kier molecular flexibility index (Phi) is 7.37. The van der Waals surface area contributed by atoms with Gasteiger partial charge in [-0.05, 0) is 43.4 Å². The van der Waals surface area contributed by atoms with Crippen molar-refractivity contribution in [1.29, 1.82) is 5.41 Å². The molecule has 2 aromatic rings. The molecule has 14 nitrogen and oxygen atoms in total. The second-order valence-electron chi connectivity index (χ2n) is 9.89. The Morgan fingerprint density at radius 2 is 1.68 bits per heavy atom. The van der Waals surface area contributed by atoms with Crippen LogP contribution in [0, 0.1) is 11.3 Å². The van der Waals surface area contributed by atoms with E-state index in [1.165, 1.54) is 54.6 Å². The first-order valence-electron chi connectivity index (χ1n) is 12.5. The van der Waals surface area contributed by atoms with E-state index in [1.54, 1.807) is 0 Å². The number of urea groups is 1. The summed E-state index contributed by atoms with van der Waals surface area (Å²) in [6.45, 7) is 0.805. The van der Waals surface area contributed by atoms with Crippen molar-refractivity contribution >= 4 is 47.1 Å². The molecule has 2 fully saturated rings. The van der Waals surface area contributed by atoms with Gasteiger partial charge in [-0.2, -0.15) is 0 Å². The summed E-state index contributed by atoms with van der Waals surface area (Å²) in [6.07, 6.45) is 0.0446. The number of amidine groups is 1. The Bertz CT molecular complexity index is 1440. The first-order chi connectivity index (χ1) is 19.3. The van der Waals surface area contributed by atoms with Crippen molar-refractivity contribution in [2.45, 2.75) is 43.4 Å². The molecule has 2 aromatic carbocycles. The molecule has 1 aliphatic carbocycles. The molecule has 4 rings (SSSR count). The predicted molar refractivity (Wildman–Crippen MR) is 142 cm³/mol. The maximum atomic E-state index is 14.4. The highest BCUT2D eigenvalue weighted by molar-refractivity contribution is 6.24. The number of imide groups is 1. The standard InChI is InChI=1S/C27H28N6O8/c1-14(34)27(24(39)40,32(18-5-3-2-4-6-18)22(37)19(28)13-20(35)36)33-23(38)26(17-11-12-17,31-25(33)41)16-9-7-15(8-10-16)21(29)30/h2-10,17,19H,11-13,28H2,1H3,(H3,29,30)(H,31,41)(H,35,36)(H,39,40)/t19-,26-,27-/m0/s1. The van der Waals surface area contributed by atoms with Crippen LogP contribution >= 0.6 is 0 Å². The number of nitrogens with two attached hydrogens (primary N) is 2. The molecule has 0 spiro atoms. The molecule has 41 heavy (non-hydrogen) atoms. The Labute approximate surface area is 233 Å². The van der Waals surface area contributed by atoms with Gasteiger partial charge in [0.1, 0.15) is 11.4 Å². The predicted octanol–water partition coefficient (Wildman–Crippen LogP) is 0.333. The van der Waals surface area contributed by atoms with Gasteiger partial charge in [0.25, 0.3) is 11.6 Å². The highest BCUT2D eigenvalue weighted by atomic mass is 16.4. The zero-order valence-corrected chi connectivity index (χ0v) is 21.9. The monoisotopic (exact) mass is 564 g/mol. The van der Waals surface area contributed by atoms with E-state index in [0.717, 1.165) is 6.92 Å². The van der Waals surface area contributed by atoms with Gasteiger partial charge in [0.15, 0.2) is 5.78 Å². The fraction of sp³-hybridized carbons (Fsp3) is 0.296. The van der Waals surface area contributed by atoms with E-state index in [9.17, 15) is 39.0 Å². The van der Waals surface area contributed by atoms with E-state index >= 15 is 0 Å². The zero-order chi connectivity index (χ0) is 30.3. The number of hydrogen-bond acceptors (Lipinski definition) is 8. The molecule has 8 N–H and O–H groups in total. The first kappa shape index (κ1) is 28.9. The third-order valence-corrected chi connectivity index (χ3v) is 7.27. The number of carbonyl (C=O) groups is 6. The summed E-state index contributed by atoms with van der Waals surface area (Å²) in [7, 11) is 0. The van der Waals surface area contributed by atoms with Crippen LogP contribution in [0.5, 0.6) is 0 Å². The quantitative estimate of drug-likeness (QED) is 0.0946. The number of nitrogens with zero attached hydrogens (tertiary/aromatic N) is 2. The fourth-order valence-corrected chi connectivity index (χ4v) is 5.23. The number of nitrogens with one attached hydrogen (secondary N) is 2. The van der Waals surface area contributed by atoms with Crippen LogP contribution < -0.4 is 21.7 Å². The number of benzene rings is 2. The number of para-hydroxylation sites is 1. The van der Waals surface area contributed by atoms with Crippen LogP contribution in [0.3, 0.4) is 0 Å². The minimum atomic E-state index is -3.27. The third-order valence-electron chi connectivity index (χ3n) is 7.27. The Hall–Kier alpha value is -5.11. The van der Waals surface area contributed by atoms with Crippen LogP contribution in [0.1, 0.15) is 37.3 Å². The van der Waals surface area contributed by atoms with Crippen molar-refractivity contribution < 1.29 is 39.0 Å². The molecule has 14 heteroatoms. The van der Waals surface area contributed by atoms with E-state index in [0.29, 0.717) is 23.3 Å². The number of ketones is 1. The molecule has 1 saturated carbocycles. The summed E-state index contributed by atoms with van der Waals surface area (Å²) in [4.78, 5) is 80.4. The number of rotatable bonds is 11. The lowest BCUT2D eigenvalue weighted by atomic mass is 9.83. The minimum Gasteiger partial charge on any atom is -0.481 e. The molecular weight excluding hydrogens is 536 g/mol. The second kappa shape index (κ2) is 10.5. The summed E-state index contributed by atoms with van der Waals surface area (Å²) in [6, 6.07) is 9.67. The normalized spacial score (nSPS) is 20.5. The number of carboxylic acid groups (broad SMARTS) is 2. The molecule has 1 aliphatic heterocycles. The van der Waals surface area contributed by atoms with Gasteiger partial charge in [-0.25, -0.2) is 14.5 Å². The lowest BCUT2D eigenvalue weighted by Crippen LogP contribution is -2.74. The number of anilines is 1. The molecule has 1 saturated heterocycles. The van der Waals surface area contributed by atoms with Crippen molar-refractivity contribution in [3.8, 4) is 0 Å². The summed E-state index contributed by atoms with van der Waals surface area (Å²) >= 11 is 0. The van der Waals surface area contributed by atoms with E-state index in [4.69, 9.17) is 16.9 Å². The van der Waals surface area contributed by atoms with Crippen LogP contribution in [0.15, 0.2) is 54.6 Å². The summed E-state index contributed by atoms with van der Waals surface area (Å²) in [5.74, 6) is -7.92. The molecular formula is C27H28N6O8. The SMILES string of the molecule is CC(=O)[C@@](C(=O)O)(N1C(=O)N[C@@](c2ccc(C(=N)N)cc2)(C2CC2)C1=O)N(C(=O)[C@@H](N)CC(=O)O)c1ccccc1. The van der Waals surface area contributed by atoms with Gasteiger partial charge in [-0.3, -0.25) is 29.5 Å². The van der Waals surface area contributed by atoms with Gasteiger partial charge < -0.3 is 27.0 Å². The fourth-order valence-electron chi connectivity index (χ4n) is 5.23. The van der Waals surface area contributed by atoms with Gasteiger partial charge in [-0.1, -0.05) is 42.5 Å². The first-order valence-corrected chi connectivity index (χ1v) is 12.5.